The summed E-state index contributed by atoms with van der Waals surface area (Å²) >= 11 is 0. The summed E-state index contributed by atoms with van der Waals surface area (Å²) in [4.78, 5) is 23.5. The number of amides is 1. The fourth-order valence-corrected chi connectivity index (χ4v) is 3.03. The predicted molar refractivity (Wildman–Crippen MR) is 69.7 cm³/mol. The fraction of sp³-hybridized carbons (Fsp3) is 0.333. The number of fused-ring (bicyclic) bond motifs is 1. The molecular weight excluding hydrogens is 286 g/mol. The van der Waals surface area contributed by atoms with Gasteiger partial charge in [-0.1, -0.05) is 0 Å². The Balaban J connectivity index is 2.48. The molecule has 0 atom stereocenters. The first kappa shape index (κ1) is 14.3. The molecule has 0 radical (unpaired) electrons. The van der Waals surface area contributed by atoms with Gasteiger partial charge < -0.3 is 14.7 Å². The zero-order chi connectivity index (χ0) is 14.9. The van der Waals surface area contributed by atoms with Crippen LogP contribution in [0.4, 0.5) is 5.69 Å². The van der Waals surface area contributed by atoms with Gasteiger partial charge >= 0.3 is 5.97 Å². The molecule has 0 aliphatic carbocycles. The molecule has 1 N–H and O–H groups in total. The van der Waals surface area contributed by atoms with E-state index in [0.717, 1.165) is 0 Å². The Morgan fingerprint density at radius 3 is 2.75 bits per heavy atom. The maximum Gasteiger partial charge on any atom is 0.319 e. The zero-order valence-corrected chi connectivity index (χ0v) is 11.5. The quantitative estimate of drug-likeness (QED) is 0.857. The van der Waals surface area contributed by atoms with Gasteiger partial charge in [-0.2, -0.15) is 0 Å². The molecule has 0 unspecified atom stereocenters. The average molecular weight is 299 g/mol. The summed E-state index contributed by atoms with van der Waals surface area (Å²) in [7, 11) is -3.94. The summed E-state index contributed by atoms with van der Waals surface area (Å²) in [5, 5.41) is 8.62. The van der Waals surface area contributed by atoms with E-state index in [0.29, 0.717) is 18.0 Å². The minimum absolute atomic E-state index is 0.0952. The molecule has 108 valence electrons. The number of ether oxygens (including phenoxy) is 1. The number of sulfone groups is 1. The van der Waals surface area contributed by atoms with Crippen LogP contribution < -0.4 is 9.64 Å². The van der Waals surface area contributed by atoms with E-state index in [1.54, 1.807) is 6.92 Å². The van der Waals surface area contributed by atoms with Crippen LogP contribution in [0.5, 0.6) is 5.75 Å². The zero-order valence-electron chi connectivity index (χ0n) is 10.7. The molecule has 20 heavy (non-hydrogen) atoms. The van der Waals surface area contributed by atoms with E-state index < -0.39 is 21.6 Å². The third-order valence-corrected chi connectivity index (χ3v) is 4.46. The first-order chi connectivity index (χ1) is 9.35. The molecule has 1 aromatic rings. The highest BCUT2D eigenvalue weighted by molar-refractivity contribution is 7.92. The first-order valence-corrected chi connectivity index (χ1v) is 7.52. The van der Waals surface area contributed by atoms with Crippen LogP contribution in [0, 0.1) is 0 Å². The molecule has 0 aromatic heterocycles. The fourth-order valence-electron chi connectivity index (χ4n) is 1.97. The van der Waals surface area contributed by atoms with Crippen LogP contribution in [0.1, 0.15) is 6.92 Å². The van der Waals surface area contributed by atoms with Crippen molar-refractivity contribution in [3.8, 4) is 5.75 Å². The molecule has 7 nitrogen and oxygen atoms in total. The van der Waals surface area contributed by atoms with E-state index in [4.69, 9.17) is 9.84 Å². The maximum atomic E-state index is 11.9. The lowest BCUT2D eigenvalue weighted by Crippen LogP contribution is -2.38. The van der Waals surface area contributed by atoms with Crippen LogP contribution in [0.15, 0.2) is 23.1 Å². The Morgan fingerprint density at radius 1 is 1.45 bits per heavy atom. The summed E-state index contributed by atoms with van der Waals surface area (Å²) < 4.78 is 29.0. The molecule has 1 aliphatic rings. The molecule has 1 aliphatic heterocycles. The smallest absolute Gasteiger partial charge is 0.319 e. The standard InChI is InChI=1S/C12H13NO6S/c1-2-13-9-5-8(20(17,18)7-12(15)16)3-4-10(9)19-6-11(13)14/h3-5H,2,6-7H2,1H3,(H,15,16). The lowest BCUT2D eigenvalue weighted by molar-refractivity contribution is -0.134. The third kappa shape index (κ3) is 2.60. The predicted octanol–water partition coefficient (Wildman–Crippen LogP) is 0.290. The van der Waals surface area contributed by atoms with Crippen molar-refractivity contribution in [2.45, 2.75) is 11.8 Å². The molecule has 0 fully saturated rings. The van der Waals surface area contributed by atoms with Crippen molar-refractivity contribution in [1.29, 1.82) is 0 Å². The van der Waals surface area contributed by atoms with E-state index in [-0.39, 0.29) is 17.4 Å². The van der Waals surface area contributed by atoms with E-state index in [1.807, 2.05) is 0 Å². The van der Waals surface area contributed by atoms with Gasteiger partial charge in [0, 0.05) is 6.54 Å². The second kappa shape index (κ2) is 5.12. The van der Waals surface area contributed by atoms with Gasteiger partial charge in [0.2, 0.25) is 0 Å². The number of carboxylic acid groups (broad SMARTS) is 1. The Labute approximate surface area is 115 Å². The van der Waals surface area contributed by atoms with Gasteiger partial charge in [0.05, 0.1) is 10.6 Å². The monoisotopic (exact) mass is 299 g/mol. The minimum Gasteiger partial charge on any atom is -0.482 e. The number of hydrogen-bond acceptors (Lipinski definition) is 5. The van der Waals surface area contributed by atoms with E-state index in [2.05, 4.69) is 0 Å². The van der Waals surface area contributed by atoms with E-state index in [9.17, 15) is 18.0 Å². The van der Waals surface area contributed by atoms with Crippen LogP contribution in [0.3, 0.4) is 0 Å². The van der Waals surface area contributed by atoms with Crippen molar-refractivity contribution in [2.75, 3.05) is 23.8 Å². The number of benzene rings is 1. The summed E-state index contributed by atoms with van der Waals surface area (Å²) in [5.41, 5.74) is 0.343. The molecule has 8 heteroatoms. The summed E-state index contributed by atoms with van der Waals surface area (Å²) in [5.74, 6) is -2.29. The Kier molecular flexibility index (Phi) is 3.67. The molecule has 0 spiro atoms. The van der Waals surface area contributed by atoms with Crippen molar-refractivity contribution >= 4 is 27.4 Å². The summed E-state index contributed by atoms with van der Waals surface area (Å²) in [6.07, 6.45) is 0. The van der Waals surface area contributed by atoms with Crippen molar-refractivity contribution in [3.05, 3.63) is 18.2 Å². The highest BCUT2D eigenvalue weighted by atomic mass is 32.2. The van der Waals surface area contributed by atoms with Gasteiger partial charge in [0.15, 0.2) is 22.2 Å². The topological polar surface area (TPSA) is 101 Å². The number of likely N-dealkylation sites (N-methyl/N-ethyl adjacent to an activating group) is 1. The molecular formula is C12H13NO6S. The highest BCUT2D eigenvalue weighted by Gasteiger charge is 2.27. The molecule has 1 aromatic carbocycles. The molecule has 1 amide bonds. The third-order valence-electron chi connectivity index (χ3n) is 2.86. The number of carbonyl (C=O) groups is 2. The van der Waals surface area contributed by atoms with Crippen LogP contribution in [0.25, 0.3) is 0 Å². The van der Waals surface area contributed by atoms with Crippen LogP contribution in [-0.4, -0.2) is 44.3 Å². The normalized spacial score (nSPS) is 14.7. The van der Waals surface area contributed by atoms with Gasteiger partial charge in [0.1, 0.15) is 5.75 Å². The Bertz CT molecular complexity index is 667. The number of nitrogens with zero attached hydrogens (tertiary/aromatic N) is 1. The molecule has 2 rings (SSSR count). The first-order valence-electron chi connectivity index (χ1n) is 5.87. The number of carbonyl (C=O) groups excluding carboxylic acids is 1. The van der Waals surface area contributed by atoms with Gasteiger partial charge in [-0.15, -0.1) is 0 Å². The highest BCUT2D eigenvalue weighted by Crippen LogP contribution is 2.34. The second-order valence-electron chi connectivity index (χ2n) is 4.21. The van der Waals surface area contributed by atoms with Gasteiger partial charge in [-0.25, -0.2) is 8.42 Å². The second-order valence-corrected chi connectivity index (χ2v) is 6.20. The SMILES string of the molecule is CCN1C(=O)COc2ccc(S(=O)(=O)CC(=O)O)cc21. The molecule has 0 saturated carbocycles. The number of aliphatic carboxylic acids is 1. The van der Waals surface area contributed by atoms with Crippen LogP contribution in [0.2, 0.25) is 0 Å². The molecule has 1 heterocycles. The number of rotatable bonds is 4. The van der Waals surface area contributed by atoms with Crippen molar-refractivity contribution in [1.82, 2.24) is 0 Å². The molecule has 0 saturated heterocycles. The van der Waals surface area contributed by atoms with Gasteiger partial charge in [-0.05, 0) is 25.1 Å². The van der Waals surface area contributed by atoms with E-state index >= 15 is 0 Å². The number of hydrogen-bond donors (Lipinski definition) is 1. The lowest BCUT2D eigenvalue weighted by Gasteiger charge is -2.28. The van der Waals surface area contributed by atoms with Crippen LogP contribution in [-0.2, 0) is 19.4 Å². The Hall–Kier alpha value is -2.09. The maximum absolute atomic E-state index is 11.9. The lowest BCUT2D eigenvalue weighted by atomic mass is 10.2. The van der Waals surface area contributed by atoms with Crippen LogP contribution >= 0.6 is 0 Å². The number of carboxylic acids is 1. The minimum atomic E-state index is -3.94. The largest absolute Gasteiger partial charge is 0.482 e. The molecule has 0 bridgehead atoms. The summed E-state index contributed by atoms with van der Waals surface area (Å²) in [6.45, 7) is 2.03. The number of anilines is 1. The average Bonchev–Trinajstić information content (AvgIpc) is 2.36. The Morgan fingerprint density at radius 2 is 2.15 bits per heavy atom. The van der Waals surface area contributed by atoms with Gasteiger partial charge in [0.25, 0.3) is 5.91 Å². The van der Waals surface area contributed by atoms with Crippen molar-refractivity contribution in [3.63, 3.8) is 0 Å². The van der Waals surface area contributed by atoms with Crippen molar-refractivity contribution in [2.24, 2.45) is 0 Å². The van der Waals surface area contributed by atoms with Crippen molar-refractivity contribution < 1.29 is 27.9 Å². The van der Waals surface area contributed by atoms with E-state index in [1.165, 1.54) is 23.1 Å². The van der Waals surface area contributed by atoms with Gasteiger partial charge in [-0.3, -0.25) is 9.59 Å². The summed E-state index contributed by atoms with van der Waals surface area (Å²) in [6, 6.07) is 3.98.